The fraction of sp³-hybridized carbons (Fsp3) is 0.300. The number of alkyl halides is 3. The van der Waals surface area contributed by atoms with E-state index in [1.54, 1.807) is 0 Å². The van der Waals surface area contributed by atoms with Gasteiger partial charge in [0.1, 0.15) is 13.2 Å². The Balaban J connectivity index is 2.70. The molecule has 0 spiro atoms. The Morgan fingerprint density at radius 3 is 2.33 bits per heavy atom. The van der Waals surface area contributed by atoms with Gasteiger partial charge in [-0.1, -0.05) is 11.6 Å². The van der Waals surface area contributed by atoms with Crippen molar-refractivity contribution in [3.05, 3.63) is 34.4 Å². The molecule has 0 unspecified atom stereocenters. The van der Waals surface area contributed by atoms with E-state index in [2.05, 4.69) is 4.74 Å². The molecule has 0 bridgehead atoms. The molecule has 100 valence electrons. The highest BCUT2D eigenvalue weighted by Crippen LogP contribution is 2.21. The van der Waals surface area contributed by atoms with Crippen molar-refractivity contribution >= 4 is 17.4 Å². The van der Waals surface area contributed by atoms with E-state index in [0.29, 0.717) is 12.1 Å². The molecule has 8 heteroatoms. The molecule has 0 amide bonds. The molecule has 18 heavy (non-hydrogen) atoms. The Kier molecular flexibility index (Phi) is 4.64. The van der Waals surface area contributed by atoms with E-state index in [4.69, 9.17) is 11.6 Å². The molecule has 2 nitrogen and oxygen atoms in total. The lowest BCUT2D eigenvalue weighted by atomic mass is 10.1. The molecule has 0 aliphatic heterocycles. The fourth-order valence-electron chi connectivity index (χ4n) is 1.07. The van der Waals surface area contributed by atoms with Crippen molar-refractivity contribution < 1.29 is 31.5 Å². The van der Waals surface area contributed by atoms with E-state index in [0.717, 1.165) is 0 Å². The minimum atomic E-state index is -4.57. The monoisotopic (exact) mass is 288 g/mol. The van der Waals surface area contributed by atoms with E-state index >= 15 is 0 Å². The van der Waals surface area contributed by atoms with Crippen molar-refractivity contribution in [2.45, 2.75) is 6.18 Å². The number of carbonyl (C=O) groups is 1. The Bertz CT molecular complexity index is 458. The van der Waals surface area contributed by atoms with Gasteiger partial charge < -0.3 is 4.74 Å². The number of benzene rings is 1. The number of halogens is 6. The second kappa shape index (κ2) is 5.62. The van der Waals surface area contributed by atoms with Crippen molar-refractivity contribution in [1.29, 1.82) is 0 Å². The van der Waals surface area contributed by atoms with Gasteiger partial charge in [-0.3, -0.25) is 4.79 Å². The molecule has 1 aromatic carbocycles. The maximum absolute atomic E-state index is 12.8. The summed E-state index contributed by atoms with van der Waals surface area (Å²) in [4.78, 5) is 11.3. The van der Waals surface area contributed by atoms with Crippen LogP contribution < -0.4 is 0 Å². The Morgan fingerprint density at radius 2 is 1.78 bits per heavy atom. The molecule has 1 rings (SSSR count). The number of Topliss-reactive ketones (excluding diaryl/α,β-unsaturated/α-hetero) is 1. The summed E-state index contributed by atoms with van der Waals surface area (Å²) in [6, 6.07) is 1.07. The van der Waals surface area contributed by atoms with Crippen LogP contribution in [0.4, 0.5) is 22.0 Å². The largest absolute Gasteiger partial charge is 0.411 e. The van der Waals surface area contributed by atoms with Gasteiger partial charge in [0.25, 0.3) is 0 Å². The first-order valence-corrected chi connectivity index (χ1v) is 4.91. The molecule has 0 N–H and O–H groups in total. The third kappa shape index (κ3) is 4.23. The van der Waals surface area contributed by atoms with E-state index in [-0.39, 0.29) is 0 Å². The lowest BCUT2D eigenvalue weighted by Crippen LogP contribution is -2.20. The quantitative estimate of drug-likeness (QED) is 0.482. The van der Waals surface area contributed by atoms with Crippen molar-refractivity contribution in [3.63, 3.8) is 0 Å². The smallest absolute Gasteiger partial charge is 0.364 e. The zero-order valence-corrected chi connectivity index (χ0v) is 9.41. The maximum atomic E-state index is 12.8. The molecular formula is C10H6ClF5O2. The van der Waals surface area contributed by atoms with Crippen LogP contribution in [0.2, 0.25) is 5.02 Å². The molecule has 0 radical (unpaired) electrons. The summed E-state index contributed by atoms with van der Waals surface area (Å²) in [5.41, 5.74) is -0.433. The van der Waals surface area contributed by atoms with Gasteiger partial charge in [0.15, 0.2) is 17.4 Å². The first-order valence-electron chi connectivity index (χ1n) is 4.53. The van der Waals surface area contributed by atoms with Crippen molar-refractivity contribution in [2.75, 3.05) is 13.2 Å². The third-order valence-corrected chi connectivity index (χ3v) is 2.12. The standard InChI is InChI=1S/C10H6ClF5O2/c11-6-2-8(13)7(12)1-5(6)9(17)3-18-4-10(14,15)16/h1-2H,3-4H2. The van der Waals surface area contributed by atoms with E-state index in [1.807, 2.05) is 0 Å². The maximum Gasteiger partial charge on any atom is 0.411 e. The number of rotatable bonds is 4. The lowest BCUT2D eigenvalue weighted by Gasteiger charge is -2.08. The fourth-order valence-corrected chi connectivity index (χ4v) is 1.33. The Hall–Kier alpha value is -1.21. The SMILES string of the molecule is O=C(COCC(F)(F)F)c1cc(F)c(F)cc1Cl. The van der Waals surface area contributed by atoms with Crippen molar-refractivity contribution in [3.8, 4) is 0 Å². The number of ether oxygens (including phenoxy) is 1. The summed E-state index contributed by atoms with van der Waals surface area (Å²) in [5, 5.41) is -0.394. The summed E-state index contributed by atoms with van der Waals surface area (Å²) in [6.45, 7) is -2.54. The van der Waals surface area contributed by atoms with E-state index in [9.17, 15) is 26.7 Å². The van der Waals surface area contributed by atoms with Crippen LogP contribution in [0.3, 0.4) is 0 Å². The molecule has 0 aromatic heterocycles. The molecule has 0 atom stereocenters. The van der Waals surface area contributed by atoms with E-state index in [1.165, 1.54) is 0 Å². The second-order valence-electron chi connectivity index (χ2n) is 3.28. The Labute approximate surface area is 103 Å². The minimum absolute atomic E-state index is 0.394. The summed E-state index contributed by atoms with van der Waals surface area (Å²) < 4.78 is 64.8. The number of ketones is 1. The first kappa shape index (κ1) is 14.8. The molecular weight excluding hydrogens is 283 g/mol. The minimum Gasteiger partial charge on any atom is -0.364 e. The summed E-state index contributed by atoms with van der Waals surface area (Å²) in [5.74, 6) is -3.55. The zero-order valence-electron chi connectivity index (χ0n) is 8.65. The summed E-state index contributed by atoms with van der Waals surface area (Å²) >= 11 is 5.46. The van der Waals surface area contributed by atoms with Gasteiger partial charge in [-0.15, -0.1) is 0 Å². The van der Waals surface area contributed by atoms with Crippen molar-refractivity contribution in [2.24, 2.45) is 0 Å². The summed E-state index contributed by atoms with van der Waals surface area (Å²) in [7, 11) is 0. The van der Waals surface area contributed by atoms with Gasteiger partial charge in [0.05, 0.1) is 5.02 Å². The predicted molar refractivity (Wildman–Crippen MR) is 52.6 cm³/mol. The van der Waals surface area contributed by atoms with Gasteiger partial charge in [0.2, 0.25) is 0 Å². The highest BCUT2D eigenvalue weighted by molar-refractivity contribution is 6.34. The molecule has 0 aliphatic carbocycles. The average Bonchev–Trinajstić information content (AvgIpc) is 2.21. The van der Waals surface area contributed by atoms with Crippen LogP contribution in [-0.4, -0.2) is 25.2 Å². The van der Waals surface area contributed by atoms with Crippen LogP contribution in [0.15, 0.2) is 12.1 Å². The second-order valence-corrected chi connectivity index (χ2v) is 3.68. The topological polar surface area (TPSA) is 26.3 Å². The van der Waals surface area contributed by atoms with Crippen LogP contribution in [0.25, 0.3) is 0 Å². The van der Waals surface area contributed by atoms with Crippen LogP contribution in [0.1, 0.15) is 10.4 Å². The lowest BCUT2D eigenvalue weighted by molar-refractivity contribution is -0.170. The van der Waals surface area contributed by atoms with Gasteiger partial charge in [-0.05, 0) is 12.1 Å². The molecule has 1 aromatic rings. The van der Waals surface area contributed by atoms with Gasteiger partial charge in [0, 0.05) is 5.56 Å². The molecule has 0 aliphatic rings. The number of carbonyl (C=O) groups excluding carboxylic acids is 1. The van der Waals surface area contributed by atoms with Crippen molar-refractivity contribution in [1.82, 2.24) is 0 Å². The van der Waals surface area contributed by atoms with Gasteiger partial charge in [-0.2, -0.15) is 13.2 Å². The normalized spacial score (nSPS) is 11.7. The first-order chi connectivity index (χ1) is 8.20. The number of hydrogen-bond acceptors (Lipinski definition) is 2. The third-order valence-electron chi connectivity index (χ3n) is 1.81. The van der Waals surface area contributed by atoms with Crippen LogP contribution in [0.5, 0.6) is 0 Å². The molecule has 0 saturated carbocycles. The van der Waals surface area contributed by atoms with Gasteiger partial charge >= 0.3 is 6.18 Å². The zero-order chi connectivity index (χ0) is 13.9. The van der Waals surface area contributed by atoms with Crippen LogP contribution >= 0.6 is 11.6 Å². The van der Waals surface area contributed by atoms with Crippen LogP contribution in [-0.2, 0) is 4.74 Å². The van der Waals surface area contributed by atoms with Crippen LogP contribution in [0, 0.1) is 11.6 Å². The molecule has 0 heterocycles. The highest BCUT2D eigenvalue weighted by atomic mass is 35.5. The molecule has 0 fully saturated rings. The van der Waals surface area contributed by atoms with E-state index < -0.39 is 47.4 Å². The summed E-state index contributed by atoms with van der Waals surface area (Å²) in [6.07, 6.45) is -4.57. The number of hydrogen-bond donors (Lipinski definition) is 0. The predicted octanol–water partition coefficient (Wildman–Crippen LogP) is 3.38. The average molecular weight is 289 g/mol. The highest BCUT2D eigenvalue weighted by Gasteiger charge is 2.28. The van der Waals surface area contributed by atoms with Gasteiger partial charge in [-0.25, -0.2) is 8.78 Å². The molecule has 0 saturated heterocycles. The Morgan fingerprint density at radius 1 is 1.22 bits per heavy atom.